The minimum Gasteiger partial charge on any atom is -0.479 e. The molecule has 1 aliphatic carbocycles. The summed E-state index contributed by atoms with van der Waals surface area (Å²) in [5, 5.41) is 9.54. The van der Waals surface area contributed by atoms with Crippen LogP contribution in [-0.4, -0.2) is 39.5 Å². The van der Waals surface area contributed by atoms with E-state index in [1.165, 1.54) is 7.05 Å². The molecule has 126 valence electrons. The normalized spacial score (nSPS) is 17.6. The van der Waals surface area contributed by atoms with Crippen molar-refractivity contribution in [3.8, 4) is 0 Å². The third-order valence-corrected chi connectivity index (χ3v) is 4.34. The molecule has 0 aliphatic heterocycles. The number of carboxylic acids is 1. The molecule has 0 radical (unpaired) electrons. The lowest BCUT2D eigenvalue weighted by Gasteiger charge is -2.40. The van der Waals surface area contributed by atoms with Crippen LogP contribution in [0.4, 0.5) is 13.2 Å². The number of nitrogens with zero attached hydrogens (tertiary/aromatic N) is 2. The van der Waals surface area contributed by atoms with Gasteiger partial charge < -0.3 is 10.0 Å². The predicted octanol–water partition coefficient (Wildman–Crippen LogP) is 2.96. The Bertz CT molecular complexity index is 593. The number of carbonyl (C=O) groups excluding carboxylic acids is 1. The molecule has 1 saturated carbocycles. The summed E-state index contributed by atoms with van der Waals surface area (Å²) in [6.07, 6.45) is -1.04. The van der Waals surface area contributed by atoms with E-state index in [-0.39, 0.29) is 5.69 Å². The maximum Gasteiger partial charge on any atom is 0.417 e. The van der Waals surface area contributed by atoms with E-state index in [0.717, 1.165) is 23.5 Å². The van der Waals surface area contributed by atoms with Gasteiger partial charge in [-0.1, -0.05) is 19.3 Å². The van der Waals surface area contributed by atoms with E-state index in [0.29, 0.717) is 31.9 Å². The van der Waals surface area contributed by atoms with Gasteiger partial charge in [-0.05, 0) is 25.0 Å². The van der Waals surface area contributed by atoms with Crippen molar-refractivity contribution in [2.24, 2.45) is 0 Å². The van der Waals surface area contributed by atoms with Crippen molar-refractivity contribution < 1.29 is 27.9 Å². The van der Waals surface area contributed by atoms with Crippen molar-refractivity contribution in [2.45, 2.75) is 43.8 Å². The third-order valence-electron chi connectivity index (χ3n) is 4.34. The number of aliphatic carboxylic acids is 1. The number of likely N-dealkylation sites (N-methyl/N-ethyl adjacent to an activating group) is 1. The number of hydrogen-bond donors (Lipinski definition) is 1. The van der Waals surface area contributed by atoms with Gasteiger partial charge in [0.25, 0.3) is 5.91 Å². The lowest BCUT2D eigenvalue weighted by Crippen LogP contribution is -2.56. The summed E-state index contributed by atoms with van der Waals surface area (Å²) in [4.78, 5) is 28.8. The molecule has 0 bridgehead atoms. The molecule has 1 heterocycles. The van der Waals surface area contributed by atoms with Crippen LogP contribution in [0.3, 0.4) is 0 Å². The highest BCUT2D eigenvalue weighted by Gasteiger charge is 2.46. The molecule has 0 spiro atoms. The molecule has 8 heteroatoms. The van der Waals surface area contributed by atoms with E-state index < -0.39 is 29.2 Å². The molecule has 2 rings (SSSR count). The van der Waals surface area contributed by atoms with Gasteiger partial charge >= 0.3 is 12.1 Å². The second kappa shape index (κ2) is 6.17. The molecule has 0 saturated heterocycles. The van der Waals surface area contributed by atoms with Crippen LogP contribution < -0.4 is 0 Å². The quantitative estimate of drug-likeness (QED) is 0.925. The molecule has 1 fully saturated rings. The summed E-state index contributed by atoms with van der Waals surface area (Å²) >= 11 is 0. The van der Waals surface area contributed by atoms with Crippen molar-refractivity contribution in [3.05, 3.63) is 29.6 Å². The largest absolute Gasteiger partial charge is 0.479 e. The number of amides is 1. The van der Waals surface area contributed by atoms with Crippen molar-refractivity contribution in [2.75, 3.05) is 7.05 Å². The molecule has 0 aromatic carbocycles. The molecule has 23 heavy (non-hydrogen) atoms. The number of rotatable bonds is 3. The van der Waals surface area contributed by atoms with Crippen LogP contribution in [-0.2, 0) is 11.0 Å². The van der Waals surface area contributed by atoms with E-state index in [1.54, 1.807) is 0 Å². The zero-order chi connectivity index (χ0) is 17.3. The summed E-state index contributed by atoms with van der Waals surface area (Å²) in [7, 11) is 1.36. The third kappa shape index (κ3) is 3.30. The van der Waals surface area contributed by atoms with E-state index >= 15 is 0 Å². The van der Waals surface area contributed by atoms with E-state index in [1.807, 2.05) is 0 Å². The van der Waals surface area contributed by atoms with Gasteiger partial charge in [0.2, 0.25) is 0 Å². The Morgan fingerprint density at radius 1 is 1.22 bits per heavy atom. The number of halogens is 3. The van der Waals surface area contributed by atoms with Gasteiger partial charge in [-0.3, -0.25) is 9.78 Å². The first-order valence-corrected chi connectivity index (χ1v) is 7.23. The molecular weight excluding hydrogens is 313 g/mol. The minimum atomic E-state index is -4.54. The topological polar surface area (TPSA) is 70.5 Å². The van der Waals surface area contributed by atoms with Crippen molar-refractivity contribution in [3.63, 3.8) is 0 Å². The number of pyridine rings is 1. The molecule has 1 aliphatic rings. The Morgan fingerprint density at radius 3 is 2.26 bits per heavy atom. The molecule has 1 aromatic heterocycles. The first kappa shape index (κ1) is 17.2. The van der Waals surface area contributed by atoms with Crippen molar-refractivity contribution in [1.82, 2.24) is 9.88 Å². The minimum absolute atomic E-state index is 0.202. The molecule has 0 atom stereocenters. The Balaban J connectivity index is 2.26. The summed E-state index contributed by atoms with van der Waals surface area (Å²) in [5.41, 5.74) is -2.48. The van der Waals surface area contributed by atoms with E-state index in [9.17, 15) is 27.9 Å². The molecular formula is C15H17F3N2O3. The maximum absolute atomic E-state index is 12.5. The number of carboxylic acid groups (broad SMARTS) is 1. The van der Waals surface area contributed by atoms with Gasteiger partial charge in [0.15, 0.2) is 0 Å². The molecule has 5 nitrogen and oxygen atoms in total. The highest BCUT2D eigenvalue weighted by molar-refractivity contribution is 5.96. The summed E-state index contributed by atoms with van der Waals surface area (Å²) in [6.45, 7) is 0. The molecule has 1 aromatic rings. The van der Waals surface area contributed by atoms with E-state index in [4.69, 9.17) is 0 Å². The van der Waals surface area contributed by atoms with Crippen LogP contribution >= 0.6 is 0 Å². The van der Waals surface area contributed by atoms with Crippen LogP contribution in [0, 0.1) is 0 Å². The number of aromatic nitrogens is 1. The van der Waals surface area contributed by atoms with Crippen LogP contribution in [0.25, 0.3) is 0 Å². The SMILES string of the molecule is CN(C(=O)c1ccc(C(F)(F)F)cn1)C1(C(=O)O)CCCCC1. The number of hydrogen-bond acceptors (Lipinski definition) is 3. The highest BCUT2D eigenvalue weighted by Crippen LogP contribution is 2.34. The molecule has 1 amide bonds. The zero-order valence-corrected chi connectivity index (χ0v) is 12.6. The number of alkyl halides is 3. The van der Waals surface area contributed by atoms with Gasteiger partial charge in [0.05, 0.1) is 5.56 Å². The van der Waals surface area contributed by atoms with Gasteiger partial charge in [-0.25, -0.2) is 4.79 Å². The second-order valence-corrected chi connectivity index (χ2v) is 5.69. The molecule has 0 unspecified atom stereocenters. The lowest BCUT2D eigenvalue weighted by atomic mass is 9.80. The average molecular weight is 330 g/mol. The fourth-order valence-electron chi connectivity index (χ4n) is 2.88. The van der Waals surface area contributed by atoms with Crippen LogP contribution in [0.5, 0.6) is 0 Å². The molecule has 1 N–H and O–H groups in total. The number of carbonyl (C=O) groups is 2. The Morgan fingerprint density at radius 2 is 1.83 bits per heavy atom. The lowest BCUT2D eigenvalue weighted by molar-refractivity contribution is -0.151. The Hall–Kier alpha value is -2.12. The fraction of sp³-hybridized carbons (Fsp3) is 0.533. The van der Waals surface area contributed by atoms with Gasteiger partial charge in [0, 0.05) is 13.2 Å². The smallest absolute Gasteiger partial charge is 0.417 e. The highest BCUT2D eigenvalue weighted by atomic mass is 19.4. The van der Waals surface area contributed by atoms with Crippen LogP contribution in [0.15, 0.2) is 18.3 Å². The second-order valence-electron chi connectivity index (χ2n) is 5.69. The van der Waals surface area contributed by atoms with Crippen molar-refractivity contribution >= 4 is 11.9 Å². The maximum atomic E-state index is 12.5. The van der Waals surface area contributed by atoms with Gasteiger partial charge in [-0.2, -0.15) is 13.2 Å². The van der Waals surface area contributed by atoms with E-state index in [2.05, 4.69) is 4.98 Å². The predicted molar refractivity (Wildman–Crippen MR) is 74.8 cm³/mol. The van der Waals surface area contributed by atoms with Crippen LogP contribution in [0.1, 0.15) is 48.2 Å². The Kier molecular flexibility index (Phi) is 4.63. The first-order chi connectivity index (χ1) is 10.7. The standard InChI is InChI=1S/C15H17F3N2O3/c1-20(14(13(22)23)7-3-2-4-8-14)12(21)11-6-5-10(9-19-11)15(16,17)18/h5-6,9H,2-4,7-8H2,1H3,(H,22,23). The van der Waals surface area contributed by atoms with Crippen molar-refractivity contribution in [1.29, 1.82) is 0 Å². The van der Waals surface area contributed by atoms with Gasteiger partial charge in [-0.15, -0.1) is 0 Å². The summed E-state index contributed by atoms with van der Waals surface area (Å²) < 4.78 is 37.6. The monoisotopic (exact) mass is 330 g/mol. The first-order valence-electron chi connectivity index (χ1n) is 7.23. The zero-order valence-electron chi connectivity index (χ0n) is 12.6. The Labute approximate surface area is 131 Å². The van der Waals surface area contributed by atoms with Gasteiger partial charge in [0.1, 0.15) is 11.2 Å². The fourth-order valence-corrected chi connectivity index (χ4v) is 2.88. The summed E-state index contributed by atoms with van der Waals surface area (Å²) in [5.74, 6) is -1.79. The average Bonchev–Trinajstić information content (AvgIpc) is 2.53. The summed E-state index contributed by atoms with van der Waals surface area (Å²) in [6, 6.07) is 1.74. The van der Waals surface area contributed by atoms with Crippen LogP contribution in [0.2, 0.25) is 0 Å².